The van der Waals surface area contributed by atoms with Crippen LogP contribution in [-0.4, -0.2) is 21.9 Å². The number of ether oxygens (including phenoxy) is 1. The van der Waals surface area contributed by atoms with E-state index >= 15 is 0 Å². The van der Waals surface area contributed by atoms with Gasteiger partial charge in [-0.25, -0.2) is 4.98 Å². The second-order valence-corrected chi connectivity index (χ2v) is 5.93. The van der Waals surface area contributed by atoms with E-state index in [0.29, 0.717) is 16.9 Å². The van der Waals surface area contributed by atoms with Crippen molar-refractivity contribution in [2.75, 3.05) is 11.9 Å². The fourth-order valence-electron chi connectivity index (χ4n) is 1.89. The van der Waals surface area contributed by atoms with Crippen LogP contribution in [0.15, 0.2) is 18.2 Å². The molecule has 0 aliphatic carbocycles. The quantitative estimate of drug-likeness (QED) is 0.920. The van der Waals surface area contributed by atoms with E-state index < -0.39 is 0 Å². The molecule has 0 bridgehead atoms. The van der Waals surface area contributed by atoms with Crippen molar-refractivity contribution in [2.24, 2.45) is 0 Å². The van der Waals surface area contributed by atoms with E-state index in [-0.39, 0.29) is 12.5 Å². The molecule has 0 aliphatic heterocycles. The summed E-state index contributed by atoms with van der Waals surface area (Å²) < 4.78 is 9.68. The monoisotopic (exact) mass is 305 g/mol. The third-order valence-corrected chi connectivity index (χ3v) is 3.65. The third-order valence-electron chi connectivity index (χ3n) is 2.92. The predicted molar refractivity (Wildman–Crippen MR) is 84.0 cm³/mol. The molecule has 0 aliphatic rings. The van der Waals surface area contributed by atoms with Gasteiger partial charge >= 0.3 is 0 Å². The highest BCUT2D eigenvalue weighted by Crippen LogP contribution is 2.27. The van der Waals surface area contributed by atoms with Crippen molar-refractivity contribution in [3.05, 3.63) is 35.2 Å². The highest BCUT2D eigenvalue weighted by molar-refractivity contribution is 7.09. The summed E-state index contributed by atoms with van der Waals surface area (Å²) in [7, 11) is 0. The van der Waals surface area contributed by atoms with Gasteiger partial charge < -0.3 is 4.74 Å². The van der Waals surface area contributed by atoms with Crippen molar-refractivity contribution in [3.8, 4) is 5.75 Å². The number of nitrogens with zero attached hydrogens (tertiary/aromatic N) is 2. The summed E-state index contributed by atoms with van der Waals surface area (Å²) in [4.78, 5) is 15.9. The Balaban J connectivity index is 1.99. The van der Waals surface area contributed by atoms with Crippen molar-refractivity contribution in [3.63, 3.8) is 0 Å². The molecule has 5 nitrogen and oxygen atoms in total. The molecular weight excluding hydrogens is 286 g/mol. The molecule has 1 aromatic carbocycles. The number of carbonyl (C=O) groups excluding carboxylic acids is 1. The highest BCUT2D eigenvalue weighted by atomic mass is 32.1. The average molecular weight is 305 g/mol. The van der Waals surface area contributed by atoms with Gasteiger partial charge in [0.05, 0.1) is 0 Å². The zero-order chi connectivity index (χ0) is 15.4. The first-order valence-electron chi connectivity index (χ1n) is 6.79. The van der Waals surface area contributed by atoms with E-state index in [1.54, 1.807) is 6.92 Å². The van der Waals surface area contributed by atoms with Gasteiger partial charge in [-0.1, -0.05) is 26.0 Å². The zero-order valence-corrected chi connectivity index (χ0v) is 13.5. The number of hydrogen-bond donors (Lipinski definition) is 1. The first kappa shape index (κ1) is 15.4. The third kappa shape index (κ3) is 4.26. The number of anilines is 1. The molecule has 112 valence electrons. The lowest BCUT2D eigenvalue weighted by Crippen LogP contribution is -2.20. The van der Waals surface area contributed by atoms with Crippen LogP contribution in [-0.2, 0) is 4.79 Å². The number of amides is 1. The number of aryl methyl sites for hydroxylation is 2. The lowest BCUT2D eigenvalue weighted by atomic mass is 10.0. The minimum Gasteiger partial charge on any atom is -0.483 e. The van der Waals surface area contributed by atoms with Crippen LogP contribution in [0, 0.1) is 13.8 Å². The van der Waals surface area contributed by atoms with Crippen LogP contribution in [0.3, 0.4) is 0 Å². The Morgan fingerprint density at radius 2 is 2.14 bits per heavy atom. The number of hydrogen-bond acceptors (Lipinski definition) is 5. The number of benzene rings is 1. The summed E-state index contributed by atoms with van der Waals surface area (Å²) in [5.74, 6) is 1.52. The van der Waals surface area contributed by atoms with E-state index in [2.05, 4.69) is 28.5 Å². The van der Waals surface area contributed by atoms with Gasteiger partial charge in [0.25, 0.3) is 5.91 Å². The topological polar surface area (TPSA) is 64.1 Å². The van der Waals surface area contributed by atoms with E-state index in [4.69, 9.17) is 4.74 Å². The summed E-state index contributed by atoms with van der Waals surface area (Å²) >= 11 is 1.16. The lowest BCUT2D eigenvalue weighted by Gasteiger charge is -2.14. The van der Waals surface area contributed by atoms with Crippen LogP contribution in [0.5, 0.6) is 5.75 Å². The fourth-order valence-corrected chi connectivity index (χ4v) is 2.48. The Hall–Kier alpha value is -1.95. The van der Waals surface area contributed by atoms with Gasteiger partial charge in [-0.05, 0) is 37.0 Å². The molecule has 0 unspecified atom stereocenters. The molecule has 6 heteroatoms. The normalized spacial score (nSPS) is 10.7. The van der Waals surface area contributed by atoms with E-state index in [1.165, 1.54) is 0 Å². The summed E-state index contributed by atoms with van der Waals surface area (Å²) in [6.07, 6.45) is 0. The molecule has 0 spiro atoms. The minimum atomic E-state index is -0.234. The molecule has 0 saturated carbocycles. The predicted octanol–water partition coefficient (Wildman–Crippen LogP) is 3.30. The number of carbonyl (C=O) groups is 1. The van der Waals surface area contributed by atoms with E-state index in [0.717, 1.165) is 28.4 Å². The smallest absolute Gasteiger partial charge is 0.264 e. The van der Waals surface area contributed by atoms with E-state index in [9.17, 15) is 4.79 Å². The van der Waals surface area contributed by atoms with Crippen LogP contribution >= 0.6 is 11.5 Å². The molecule has 1 amide bonds. The maximum atomic E-state index is 11.9. The summed E-state index contributed by atoms with van der Waals surface area (Å²) in [6.45, 7) is 7.94. The Bertz CT molecular complexity index is 638. The molecule has 0 saturated heterocycles. The molecule has 1 heterocycles. The van der Waals surface area contributed by atoms with Gasteiger partial charge in [0.1, 0.15) is 11.6 Å². The summed E-state index contributed by atoms with van der Waals surface area (Å²) in [5, 5.41) is 3.17. The van der Waals surface area contributed by atoms with Crippen LogP contribution in [0.1, 0.15) is 36.7 Å². The first-order valence-corrected chi connectivity index (χ1v) is 7.56. The van der Waals surface area contributed by atoms with Crippen molar-refractivity contribution in [1.29, 1.82) is 0 Å². The maximum absolute atomic E-state index is 11.9. The summed E-state index contributed by atoms with van der Waals surface area (Å²) in [5.41, 5.74) is 2.20. The molecular formula is C15H19N3O2S. The largest absolute Gasteiger partial charge is 0.483 e. The number of nitrogens with one attached hydrogen (secondary N) is 1. The second kappa shape index (κ2) is 6.67. The van der Waals surface area contributed by atoms with Gasteiger partial charge in [0.2, 0.25) is 5.13 Å². The molecule has 1 aromatic heterocycles. The van der Waals surface area contributed by atoms with Crippen LogP contribution in [0.25, 0.3) is 0 Å². The average Bonchev–Trinajstić information content (AvgIpc) is 2.81. The van der Waals surface area contributed by atoms with Crippen molar-refractivity contribution >= 4 is 22.6 Å². The molecule has 0 radical (unpaired) electrons. The molecule has 21 heavy (non-hydrogen) atoms. The van der Waals surface area contributed by atoms with Crippen molar-refractivity contribution < 1.29 is 9.53 Å². The van der Waals surface area contributed by atoms with Gasteiger partial charge in [-0.15, -0.1) is 0 Å². The SMILES string of the molecule is Cc1ccc(C(C)C)c(OCC(=O)Nc2nc(C)ns2)c1. The molecule has 1 N–H and O–H groups in total. The second-order valence-electron chi connectivity index (χ2n) is 5.18. The first-order chi connectivity index (χ1) is 9.95. The fraction of sp³-hybridized carbons (Fsp3) is 0.400. The lowest BCUT2D eigenvalue weighted by molar-refractivity contribution is -0.118. The van der Waals surface area contributed by atoms with Crippen LogP contribution in [0.4, 0.5) is 5.13 Å². The van der Waals surface area contributed by atoms with Crippen LogP contribution in [0.2, 0.25) is 0 Å². The summed E-state index contributed by atoms with van der Waals surface area (Å²) in [6, 6.07) is 6.05. The standard InChI is InChI=1S/C15H19N3O2S/c1-9(2)12-6-5-10(3)7-13(12)20-8-14(19)17-15-16-11(4)18-21-15/h5-7,9H,8H2,1-4H3,(H,16,17,18,19). The van der Waals surface area contributed by atoms with Crippen molar-refractivity contribution in [1.82, 2.24) is 9.36 Å². The minimum absolute atomic E-state index is 0.0399. The molecule has 2 aromatic rings. The molecule has 0 atom stereocenters. The van der Waals surface area contributed by atoms with Crippen LogP contribution < -0.4 is 10.1 Å². The van der Waals surface area contributed by atoms with Gasteiger partial charge in [0, 0.05) is 11.5 Å². The number of rotatable bonds is 5. The molecule has 0 fully saturated rings. The Labute approximate surface area is 128 Å². The Kier molecular flexibility index (Phi) is 4.90. The molecule has 2 rings (SSSR count). The number of aromatic nitrogens is 2. The highest BCUT2D eigenvalue weighted by Gasteiger charge is 2.11. The van der Waals surface area contributed by atoms with Gasteiger partial charge in [-0.2, -0.15) is 4.37 Å². The van der Waals surface area contributed by atoms with Crippen molar-refractivity contribution in [2.45, 2.75) is 33.6 Å². The Morgan fingerprint density at radius 3 is 2.76 bits per heavy atom. The zero-order valence-electron chi connectivity index (χ0n) is 12.6. The van der Waals surface area contributed by atoms with Gasteiger partial charge in [-0.3, -0.25) is 10.1 Å². The maximum Gasteiger partial charge on any atom is 0.264 e. The Morgan fingerprint density at radius 1 is 1.38 bits per heavy atom. The van der Waals surface area contributed by atoms with Gasteiger partial charge in [0.15, 0.2) is 6.61 Å². The van der Waals surface area contributed by atoms with E-state index in [1.807, 2.05) is 25.1 Å².